The van der Waals surface area contributed by atoms with Gasteiger partial charge in [-0.15, -0.1) is 0 Å². The van der Waals surface area contributed by atoms with Gasteiger partial charge in [-0.1, -0.05) is 12.5 Å². The highest BCUT2D eigenvalue weighted by Gasteiger charge is 2.38. The van der Waals surface area contributed by atoms with Crippen LogP contribution in [0.3, 0.4) is 0 Å². The molecule has 0 radical (unpaired) electrons. The fourth-order valence-corrected chi connectivity index (χ4v) is 2.01. The van der Waals surface area contributed by atoms with E-state index in [1.54, 1.807) is 0 Å². The highest BCUT2D eigenvalue weighted by molar-refractivity contribution is 6.13. The van der Waals surface area contributed by atoms with Crippen LogP contribution >= 0.6 is 0 Å². The summed E-state index contributed by atoms with van der Waals surface area (Å²) < 4.78 is 0. The van der Waals surface area contributed by atoms with Gasteiger partial charge in [-0.25, -0.2) is 0 Å². The first-order chi connectivity index (χ1) is 5.91. The number of ketones is 2. The second-order valence-corrected chi connectivity index (χ2v) is 4.11. The molecule has 0 spiro atoms. The third kappa shape index (κ3) is 1.45. The summed E-state index contributed by atoms with van der Waals surface area (Å²) in [5.41, 5.74) is 1.38. The van der Waals surface area contributed by atoms with E-state index in [2.05, 4.69) is 0 Å². The van der Waals surface area contributed by atoms with Crippen LogP contribution in [0.4, 0.5) is 0 Å². The van der Waals surface area contributed by atoms with Gasteiger partial charge in [-0.2, -0.15) is 0 Å². The quantitative estimate of drug-likeness (QED) is 0.580. The molecule has 0 saturated carbocycles. The van der Waals surface area contributed by atoms with Crippen LogP contribution in [-0.2, 0) is 9.59 Å². The Balaban J connectivity index is 3.26. The topological polar surface area (TPSA) is 34.1 Å². The molecule has 0 amide bonds. The Kier molecular flexibility index (Phi) is 2.42. The largest absolute Gasteiger partial charge is 0.298 e. The Labute approximate surface area is 79.0 Å². The number of hydrogen-bond donors (Lipinski definition) is 0. The van der Waals surface area contributed by atoms with E-state index in [0.29, 0.717) is 0 Å². The lowest BCUT2D eigenvalue weighted by Crippen LogP contribution is -2.34. The standard InChI is InChI=1S/C11H16O2/c1-5-8-7(2)9(12)6-10(13)11(8,3)4/h5-6H2,1-4H3. The third-order valence-electron chi connectivity index (χ3n) is 3.00. The summed E-state index contributed by atoms with van der Waals surface area (Å²) >= 11 is 0. The van der Waals surface area contributed by atoms with Gasteiger partial charge in [0.05, 0.1) is 6.42 Å². The first-order valence-corrected chi connectivity index (χ1v) is 4.68. The maximum atomic E-state index is 11.6. The fourth-order valence-electron chi connectivity index (χ4n) is 2.01. The lowest BCUT2D eigenvalue weighted by Gasteiger charge is -2.31. The van der Waals surface area contributed by atoms with Crippen molar-refractivity contribution in [3.8, 4) is 0 Å². The van der Waals surface area contributed by atoms with Crippen molar-refractivity contribution in [2.24, 2.45) is 5.41 Å². The summed E-state index contributed by atoms with van der Waals surface area (Å²) in [7, 11) is 0. The smallest absolute Gasteiger partial charge is 0.165 e. The van der Waals surface area contributed by atoms with E-state index in [1.165, 1.54) is 0 Å². The molecule has 1 rings (SSSR count). The second-order valence-electron chi connectivity index (χ2n) is 4.11. The van der Waals surface area contributed by atoms with Gasteiger partial charge in [-0.3, -0.25) is 9.59 Å². The van der Waals surface area contributed by atoms with Gasteiger partial charge in [0.25, 0.3) is 0 Å². The van der Waals surface area contributed by atoms with Crippen LogP contribution in [0.15, 0.2) is 11.1 Å². The van der Waals surface area contributed by atoms with Crippen molar-refractivity contribution < 1.29 is 9.59 Å². The Morgan fingerprint density at radius 1 is 1.31 bits per heavy atom. The van der Waals surface area contributed by atoms with Crippen molar-refractivity contribution in [1.29, 1.82) is 0 Å². The van der Waals surface area contributed by atoms with Crippen LogP contribution in [0, 0.1) is 5.41 Å². The van der Waals surface area contributed by atoms with Gasteiger partial charge in [0, 0.05) is 5.41 Å². The Morgan fingerprint density at radius 3 is 2.31 bits per heavy atom. The van der Waals surface area contributed by atoms with E-state index in [1.807, 2.05) is 27.7 Å². The summed E-state index contributed by atoms with van der Waals surface area (Å²) in [5.74, 6) is 0.0566. The van der Waals surface area contributed by atoms with Crippen LogP contribution in [0.5, 0.6) is 0 Å². The minimum absolute atomic E-state index is 0.00109. The molecule has 0 N–H and O–H groups in total. The Hall–Kier alpha value is -0.920. The van der Waals surface area contributed by atoms with Gasteiger partial charge in [0.2, 0.25) is 0 Å². The average Bonchev–Trinajstić information content (AvgIpc) is 2.02. The number of rotatable bonds is 1. The summed E-state index contributed by atoms with van der Waals surface area (Å²) in [5, 5.41) is 0. The zero-order valence-corrected chi connectivity index (χ0v) is 8.73. The predicted molar refractivity (Wildman–Crippen MR) is 51.4 cm³/mol. The van der Waals surface area contributed by atoms with Crippen LogP contribution < -0.4 is 0 Å². The zero-order valence-electron chi connectivity index (χ0n) is 8.73. The van der Waals surface area contributed by atoms with E-state index >= 15 is 0 Å². The first-order valence-electron chi connectivity index (χ1n) is 4.68. The molecule has 0 bridgehead atoms. The van der Waals surface area contributed by atoms with Gasteiger partial charge in [-0.05, 0) is 32.8 Å². The van der Waals surface area contributed by atoms with Crippen molar-refractivity contribution in [2.75, 3.05) is 0 Å². The molecule has 72 valence electrons. The molecule has 0 fully saturated rings. The van der Waals surface area contributed by atoms with E-state index in [0.717, 1.165) is 17.6 Å². The number of Topliss-reactive ketones (excluding diaryl/α,β-unsaturated/α-hetero) is 2. The Bertz CT molecular complexity index is 295. The van der Waals surface area contributed by atoms with Crippen molar-refractivity contribution in [1.82, 2.24) is 0 Å². The lowest BCUT2D eigenvalue weighted by molar-refractivity contribution is -0.131. The van der Waals surface area contributed by atoms with Crippen LogP contribution in [0.25, 0.3) is 0 Å². The van der Waals surface area contributed by atoms with E-state index in [4.69, 9.17) is 0 Å². The van der Waals surface area contributed by atoms with E-state index in [9.17, 15) is 9.59 Å². The van der Waals surface area contributed by atoms with Crippen molar-refractivity contribution in [3.05, 3.63) is 11.1 Å². The second kappa shape index (κ2) is 3.09. The molecule has 0 heterocycles. The average molecular weight is 180 g/mol. The summed E-state index contributed by atoms with van der Waals surface area (Å²) in [6, 6.07) is 0. The molecule has 0 atom stereocenters. The number of carbonyl (C=O) groups is 2. The molecule has 0 aromatic heterocycles. The third-order valence-corrected chi connectivity index (χ3v) is 3.00. The van der Waals surface area contributed by atoms with Gasteiger partial charge in [0.15, 0.2) is 5.78 Å². The fraction of sp³-hybridized carbons (Fsp3) is 0.636. The molecule has 0 aliphatic heterocycles. The molecule has 13 heavy (non-hydrogen) atoms. The molecule has 2 nitrogen and oxygen atoms in total. The molecular weight excluding hydrogens is 164 g/mol. The first kappa shape index (κ1) is 10.2. The van der Waals surface area contributed by atoms with Crippen molar-refractivity contribution in [2.45, 2.75) is 40.5 Å². The minimum Gasteiger partial charge on any atom is -0.298 e. The summed E-state index contributed by atoms with van der Waals surface area (Å²) in [6.07, 6.45) is 0.874. The highest BCUT2D eigenvalue weighted by atomic mass is 16.1. The minimum atomic E-state index is -0.424. The summed E-state index contributed by atoms with van der Waals surface area (Å²) in [6.45, 7) is 7.63. The molecule has 1 aliphatic rings. The molecule has 2 heteroatoms. The van der Waals surface area contributed by atoms with Gasteiger partial charge in [0.1, 0.15) is 5.78 Å². The molecular formula is C11H16O2. The molecule has 0 saturated heterocycles. The number of allylic oxidation sites excluding steroid dienone is 2. The maximum absolute atomic E-state index is 11.6. The van der Waals surface area contributed by atoms with E-state index < -0.39 is 5.41 Å². The van der Waals surface area contributed by atoms with Crippen LogP contribution in [0.2, 0.25) is 0 Å². The molecule has 0 aromatic rings. The molecule has 0 unspecified atom stereocenters. The molecule has 1 aliphatic carbocycles. The normalized spacial score (nSPS) is 22.5. The van der Waals surface area contributed by atoms with Gasteiger partial charge < -0.3 is 0 Å². The van der Waals surface area contributed by atoms with Crippen molar-refractivity contribution in [3.63, 3.8) is 0 Å². The SMILES string of the molecule is CCC1=C(C)C(=O)CC(=O)C1(C)C. The van der Waals surface area contributed by atoms with Gasteiger partial charge >= 0.3 is 0 Å². The maximum Gasteiger partial charge on any atom is 0.165 e. The zero-order chi connectivity index (χ0) is 10.2. The van der Waals surface area contributed by atoms with Crippen molar-refractivity contribution >= 4 is 11.6 Å². The van der Waals surface area contributed by atoms with E-state index in [-0.39, 0.29) is 18.0 Å². The van der Waals surface area contributed by atoms with Crippen LogP contribution in [-0.4, -0.2) is 11.6 Å². The lowest BCUT2D eigenvalue weighted by atomic mass is 9.70. The number of carbonyl (C=O) groups excluding carboxylic acids is 2. The highest BCUT2D eigenvalue weighted by Crippen LogP contribution is 2.37. The summed E-state index contributed by atoms with van der Waals surface area (Å²) in [4.78, 5) is 23.0. The van der Waals surface area contributed by atoms with Crippen LogP contribution in [0.1, 0.15) is 40.5 Å². The monoisotopic (exact) mass is 180 g/mol. The predicted octanol–water partition coefficient (Wildman–Crippen LogP) is 2.28. The molecule has 0 aromatic carbocycles. The Morgan fingerprint density at radius 2 is 1.85 bits per heavy atom. The number of hydrogen-bond acceptors (Lipinski definition) is 2.